The number of rotatable bonds is 2. The number of carbonyl (C=O) groups excluding carboxylic acids is 1. The van der Waals surface area contributed by atoms with Crippen molar-refractivity contribution in [1.82, 2.24) is 4.98 Å². The molecule has 1 N–H and O–H groups in total. The van der Waals surface area contributed by atoms with Gasteiger partial charge in [-0.15, -0.1) is 0 Å². The highest BCUT2D eigenvalue weighted by atomic mass is 32.2. The Bertz CT molecular complexity index is 1050. The average molecular weight is 364 g/mol. The van der Waals surface area contributed by atoms with E-state index in [1.165, 1.54) is 22.7 Å². The lowest BCUT2D eigenvalue weighted by Gasteiger charge is -2.14. The fraction of sp³-hybridized carbons (Fsp3) is 0. The molecule has 4 rings (SSSR count). The van der Waals surface area contributed by atoms with Crippen molar-refractivity contribution in [3.63, 3.8) is 0 Å². The summed E-state index contributed by atoms with van der Waals surface area (Å²) in [7, 11) is 0. The highest BCUT2D eigenvalue weighted by Gasteiger charge is 2.33. The second-order valence-corrected chi connectivity index (χ2v) is 7.17. The van der Waals surface area contributed by atoms with Crippen LogP contribution in [0.4, 0.5) is 5.69 Å². The van der Waals surface area contributed by atoms with E-state index in [4.69, 9.17) is 12.2 Å². The van der Waals surface area contributed by atoms with Crippen LogP contribution < -0.4 is 4.90 Å². The molecule has 2 aromatic carbocycles. The first-order valence-corrected chi connectivity index (χ1v) is 8.76. The van der Waals surface area contributed by atoms with Gasteiger partial charge >= 0.3 is 0 Å². The minimum Gasteiger partial charge on any atom is -0.508 e. The third-order valence-electron chi connectivity index (χ3n) is 3.81. The average Bonchev–Trinajstić information content (AvgIpc) is 2.88. The number of benzene rings is 2. The molecule has 2 heterocycles. The minimum atomic E-state index is -0.188. The summed E-state index contributed by atoms with van der Waals surface area (Å²) >= 11 is 6.60. The van der Waals surface area contributed by atoms with Crippen molar-refractivity contribution in [3.05, 3.63) is 71.3 Å². The molecule has 1 fully saturated rings. The van der Waals surface area contributed by atoms with Crippen molar-refractivity contribution in [3.8, 4) is 5.75 Å². The van der Waals surface area contributed by atoms with E-state index in [1.807, 2.05) is 36.4 Å². The van der Waals surface area contributed by atoms with Gasteiger partial charge in [-0.2, -0.15) is 0 Å². The van der Waals surface area contributed by atoms with Crippen LogP contribution in [0.5, 0.6) is 5.75 Å². The van der Waals surface area contributed by atoms with E-state index in [0.717, 1.165) is 16.5 Å². The Hall–Kier alpha value is -2.70. The van der Waals surface area contributed by atoms with Crippen LogP contribution in [-0.2, 0) is 4.79 Å². The molecular formula is C19H12N2O2S2. The van der Waals surface area contributed by atoms with Gasteiger partial charge in [0.15, 0.2) is 4.32 Å². The van der Waals surface area contributed by atoms with E-state index in [2.05, 4.69) is 4.98 Å². The van der Waals surface area contributed by atoms with Crippen molar-refractivity contribution < 1.29 is 9.90 Å². The molecule has 3 aromatic rings. The fourth-order valence-corrected chi connectivity index (χ4v) is 3.96. The predicted molar refractivity (Wildman–Crippen MR) is 106 cm³/mol. The number of thioether (sulfide) groups is 1. The number of hydrogen-bond acceptors (Lipinski definition) is 5. The van der Waals surface area contributed by atoms with Crippen LogP contribution in [-0.4, -0.2) is 20.3 Å². The summed E-state index contributed by atoms with van der Waals surface area (Å²) in [5, 5.41) is 10.7. The van der Waals surface area contributed by atoms with Gasteiger partial charge in [0, 0.05) is 17.6 Å². The Kier molecular flexibility index (Phi) is 3.99. The molecule has 1 aromatic heterocycles. The summed E-state index contributed by atoms with van der Waals surface area (Å²) in [5.74, 6) is -0.0931. The lowest BCUT2D eigenvalue weighted by atomic mass is 10.1. The molecule has 4 nitrogen and oxygen atoms in total. The molecule has 1 aliphatic heterocycles. The molecule has 1 aliphatic rings. The number of thiocarbonyl (C=S) groups is 1. The number of phenolic OH excluding ortho intramolecular Hbond substituents is 1. The SMILES string of the molecule is O=C1C(=Cc2ccc3ncccc3c2)SC(=S)N1c1cccc(O)c1. The predicted octanol–water partition coefficient (Wildman–Crippen LogP) is 4.35. The summed E-state index contributed by atoms with van der Waals surface area (Å²) in [6, 6.07) is 16.2. The highest BCUT2D eigenvalue weighted by Crippen LogP contribution is 2.37. The molecule has 6 heteroatoms. The maximum absolute atomic E-state index is 12.8. The molecule has 122 valence electrons. The zero-order valence-corrected chi connectivity index (χ0v) is 14.6. The largest absolute Gasteiger partial charge is 0.508 e. The fourth-order valence-electron chi connectivity index (χ4n) is 2.66. The van der Waals surface area contributed by atoms with Crippen LogP contribution in [0.15, 0.2) is 65.7 Å². The van der Waals surface area contributed by atoms with Gasteiger partial charge in [0.2, 0.25) is 0 Å². The lowest BCUT2D eigenvalue weighted by molar-refractivity contribution is -0.113. The van der Waals surface area contributed by atoms with Crippen molar-refractivity contribution in [2.45, 2.75) is 0 Å². The second kappa shape index (κ2) is 6.31. The van der Waals surface area contributed by atoms with E-state index < -0.39 is 0 Å². The van der Waals surface area contributed by atoms with E-state index in [-0.39, 0.29) is 11.7 Å². The first-order chi connectivity index (χ1) is 12.1. The molecule has 0 bridgehead atoms. The third kappa shape index (κ3) is 3.01. The van der Waals surface area contributed by atoms with Crippen LogP contribution in [0.1, 0.15) is 5.56 Å². The molecule has 25 heavy (non-hydrogen) atoms. The Labute approximate surface area is 153 Å². The molecule has 1 saturated heterocycles. The van der Waals surface area contributed by atoms with Crippen LogP contribution in [0.3, 0.4) is 0 Å². The van der Waals surface area contributed by atoms with Gasteiger partial charge in [-0.05, 0) is 42.0 Å². The van der Waals surface area contributed by atoms with Gasteiger partial charge < -0.3 is 5.11 Å². The number of phenols is 1. The lowest BCUT2D eigenvalue weighted by Crippen LogP contribution is -2.27. The number of aromatic hydroxyl groups is 1. The Morgan fingerprint density at radius 3 is 2.84 bits per heavy atom. The smallest absolute Gasteiger partial charge is 0.270 e. The zero-order chi connectivity index (χ0) is 17.4. The van der Waals surface area contributed by atoms with Crippen LogP contribution in [0.2, 0.25) is 0 Å². The standard InChI is InChI=1S/C19H12N2O2S2/c22-15-5-1-4-14(11-15)21-18(23)17(25-19(21)24)10-12-6-7-16-13(9-12)3-2-8-20-16/h1-11,22H. The normalized spacial score (nSPS) is 16.2. The quantitative estimate of drug-likeness (QED) is 0.541. The van der Waals surface area contributed by atoms with Crippen molar-refractivity contribution in [2.24, 2.45) is 0 Å². The van der Waals surface area contributed by atoms with Gasteiger partial charge in [0.05, 0.1) is 16.1 Å². The first-order valence-electron chi connectivity index (χ1n) is 7.53. The van der Waals surface area contributed by atoms with Gasteiger partial charge in [-0.3, -0.25) is 14.7 Å². The number of amides is 1. The Morgan fingerprint density at radius 1 is 1.12 bits per heavy atom. The maximum atomic E-state index is 12.8. The number of anilines is 1. The maximum Gasteiger partial charge on any atom is 0.270 e. The Balaban J connectivity index is 1.69. The van der Waals surface area contributed by atoms with Crippen molar-refractivity contribution >= 4 is 56.9 Å². The number of pyridine rings is 1. The van der Waals surface area contributed by atoms with Gasteiger partial charge in [-0.25, -0.2) is 0 Å². The van der Waals surface area contributed by atoms with Crippen molar-refractivity contribution in [1.29, 1.82) is 0 Å². The molecule has 0 aliphatic carbocycles. The van der Waals surface area contributed by atoms with Gasteiger partial charge in [-0.1, -0.05) is 42.2 Å². The summed E-state index contributed by atoms with van der Waals surface area (Å²) in [5.41, 5.74) is 2.39. The molecule has 0 unspecified atom stereocenters. The van der Waals surface area contributed by atoms with E-state index in [1.54, 1.807) is 24.4 Å². The molecular weight excluding hydrogens is 352 g/mol. The summed E-state index contributed by atoms with van der Waals surface area (Å²) in [6.45, 7) is 0. The number of nitrogens with zero attached hydrogens (tertiary/aromatic N) is 2. The number of fused-ring (bicyclic) bond motifs is 1. The molecule has 0 atom stereocenters. The molecule has 0 radical (unpaired) electrons. The minimum absolute atomic E-state index is 0.0950. The monoisotopic (exact) mass is 364 g/mol. The van der Waals surface area contributed by atoms with Crippen LogP contribution in [0, 0.1) is 0 Å². The van der Waals surface area contributed by atoms with Crippen molar-refractivity contribution in [2.75, 3.05) is 4.90 Å². The molecule has 0 spiro atoms. The second-order valence-electron chi connectivity index (χ2n) is 5.49. The topological polar surface area (TPSA) is 53.4 Å². The number of hydrogen-bond donors (Lipinski definition) is 1. The van der Waals surface area contributed by atoms with Crippen LogP contribution >= 0.6 is 24.0 Å². The van der Waals surface area contributed by atoms with E-state index in [9.17, 15) is 9.90 Å². The first kappa shape index (κ1) is 15.8. The highest BCUT2D eigenvalue weighted by molar-refractivity contribution is 8.27. The molecule has 1 amide bonds. The summed E-state index contributed by atoms with van der Waals surface area (Å²) < 4.78 is 0.448. The number of carbonyl (C=O) groups is 1. The van der Waals surface area contributed by atoms with Gasteiger partial charge in [0.25, 0.3) is 5.91 Å². The summed E-state index contributed by atoms with van der Waals surface area (Å²) in [6.07, 6.45) is 3.58. The summed E-state index contributed by atoms with van der Waals surface area (Å²) in [4.78, 5) is 19.0. The Morgan fingerprint density at radius 2 is 2.00 bits per heavy atom. The zero-order valence-electron chi connectivity index (χ0n) is 12.9. The third-order valence-corrected chi connectivity index (χ3v) is 5.11. The number of aromatic nitrogens is 1. The van der Waals surface area contributed by atoms with E-state index >= 15 is 0 Å². The van der Waals surface area contributed by atoms with Gasteiger partial charge in [0.1, 0.15) is 5.75 Å². The molecule has 0 saturated carbocycles. The van der Waals surface area contributed by atoms with E-state index in [0.29, 0.717) is 14.9 Å². The van der Waals surface area contributed by atoms with Crippen LogP contribution in [0.25, 0.3) is 17.0 Å².